The second-order valence-electron chi connectivity index (χ2n) is 5.82. The van der Waals surface area contributed by atoms with Crippen molar-refractivity contribution in [1.82, 2.24) is 10.6 Å². The lowest BCUT2D eigenvalue weighted by Gasteiger charge is -2.28. The fourth-order valence-corrected chi connectivity index (χ4v) is 3.41. The van der Waals surface area contributed by atoms with Crippen LogP contribution in [0.4, 0.5) is 0 Å². The maximum absolute atomic E-state index is 12.0. The molecule has 2 bridgehead atoms. The smallest absolute Gasteiger partial charge is 0.220 e. The van der Waals surface area contributed by atoms with Crippen LogP contribution in [-0.4, -0.2) is 44.0 Å². The average molecular weight is 284 g/mol. The summed E-state index contributed by atoms with van der Waals surface area (Å²) in [6, 6.07) is 1.29. The molecule has 20 heavy (non-hydrogen) atoms. The van der Waals surface area contributed by atoms with Crippen molar-refractivity contribution in [3.05, 3.63) is 0 Å². The van der Waals surface area contributed by atoms with Gasteiger partial charge in [-0.25, -0.2) is 0 Å². The van der Waals surface area contributed by atoms with E-state index in [1.54, 1.807) is 0 Å². The molecule has 0 aliphatic carbocycles. The number of ether oxygens (including phenoxy) is 2. The van der Waals surface area contributed by atoms with Gasteiger partial charge in [-0.2, -0.15) is 0 Å². The predicted molar refractivity (Wildman–Crippen MR) is 77.3 cm³/mol. The van der Waals surface area contributed by atoms with Crippen molar-refractivity contribution >= 4 is 5.91 Å². The topological polar surface area (TPSA) is 59.6 Å². The molecule has 2 atom stereocenters. The quantitative estimate of drug-likeness (QED) is 0.662. The van der Waals surface area contributed by atoms with E-state index in [0.717, 1.165) is 12.8 Å². The fraction of sp³-hybridized carbons (Fsp3) is 0.933. The normalized spacial score (nSPS) is 28.9. The number of rotatable bonds is 8. The van der Waals surface area contributed by atoms with E-state index in [2.05, 4.69) is 10.6 Å². The third-order valence-corrected chi connectivity index (χ3v) is 4.22. The fourth-order valence-electron chi connectivity index (χ4n) is 3.41. The van der Waals surface area contributed by atoms with E-state index in [9.17, 15) is 4.79 Å². The van der Waals surface area contributed by atoms with Crippen LogP contribution in [0, 0.1) is 5.92 Å². The van der Waals surface area contributed by atoms with Crippen LogP contribution >= 0.6 is 0 Å². The van der Waals surface area contributed by atoms with E-state index in [0.29, 0.717) is 44.2 Å². The van der Waals surface area contributed by atoms with Crippen LogP contribution in [0.3, 0.4) is 0 Å². The van der Waals surface area contributed by atoms with Crippen LogP contribution in [0.25, 0.3) is 0 Å². The van der Waals surface area contributed by atoms with Crippen molar-refractivity contribution in [2.45, 2.75) is 64.3 Å². The number of fused-ring (bicyclic) bond motifs is 2. The molecule has 2 unspecified atom stereocenters. The second kappa shape index (κ2) is 7.96. The monoisotopic (exact) mass is 284 g/mol. The minimum atomic E-state index is -0.321. The minimum absolute atomic E-state index is 0.126. The first-order valence-electron chi connectivity index (χ1n) is 7.97. The van der Waals surface area contributed by atoms with E-state index >= 15 is 0 Å². The van der Waals surface area contributed by atoms with Gasteiger partial charge >= 0.3 is 0 Å². The Balaban J connectivity index is 1.66. The lowest BCUT2D eigenvalue weighted by atomic mass is 9.89. The van der Waals surface area contributed by atoms with Crippen molar-refractivity contribution in [3.63, 3.8) is 0 Å². The van der Waals surface area contributed by atoms with Crippen LogP contribution in [0.5, 0.6) is 0 Å². The Hall–Kier alpha value is -0.650. The van der Waals surface area contributed by atoms with Crippen LogP contribution in [0.1, 0.15) is 46.0 Å². The molecule has 1 amide bonds. The van der Waals surface area contributed by atoms with Gasteiger partial charge < -0.3 is 20.1 Å². The molecule has 0 aromatic carbocycles. The molecule has 2 aliphatic rings. The predicted octanol–water partition coefficient (Wildman–Crippen LogP) is 1.42. The summed E-state index contributed by atoms with van der Waals surface area (Å²) >= 11 is 0. The first kappa shape index (κ1) is 15.7. The Bertz CT molecular complexity index is 293. The van der Waals surface area contributed by atoms with E-state index in [4.69, 9.17) is 9.47 Å². The molecule has 0 aromatic heterocycles. The molecule has 2 fully saturated rings. The number of carbonyl (C=O) groups excluding carboxylic acids is 1. The lowest BCUT2D eigenvalue weighted by Crippen LogP contribution is -2.41. The highest BCUT2D eigenvalue weighted by atomic mass is 16.7. The summed E-state index contributed by atoms with van der Waals surface area (Å²) in [4.78, 5) is 12.0. The average Bonchev–Trinajstić information content (AvgIpc) is 2.76. The molecule has 0 saturated carbocycles. The van der Waals surface area contributed by atoms with Crippen molar-refractivity contribution in [2.24, 2.45) is 5.92 Å². The molecule has 0 aromatic rings. The van der Waals surface area contributed by atoms with E-state index < -0.39 is 0 Å². The standard InChI is InChI=1S/C15H28N2O3/c1-3-19-15(20-4-2)10-16-14(18)9-11-7-12-5-6-13(8-11)17-12/h11-13,15,17H,3-10H2,1-2H3,(H,16,18). The third kappa shape index (κ3) is 4.72. The molecule has 2 heterocycles. The molecular formula is C15H28N2O3. The maximum Gasteiger partial charge on any atom is 0.220 e. The van der Waals surface area contributed by atoms with Gasteiger partial charge in [0.2, 0.25) is 5.91 Å². The first-order valence-corrected chi connectivity index (χ1v) is 7.97. The van der Waals surface area contributed by atoms with Gasteiger partial charge in [-0.05, 0) is 45.4 Å². The SMILES string of the molecule is CCOC(CNC(=O)CC1CC2CCC(C1)N2)OCC. The zero-order chi connectivity index (χ0) is 14.4. The van der Waals surface area contributed by atoms with E-state index in [-0.39, 0.29) is 12.2 Å². The largest absolute Gasteiger partial charge is 0.351 e. The zero-order valence-corrected chi connectivity index (χ0v) is 12.7. The summed E-state index contributed by atoms with van der Waals surface area (Å²) in [5.74, 6) is 0.659. The maximum atomic E-state index is 12.0. The van der Waals surface area contributed by atoms with E-state index in [1.807, 2.05) is 13.8 Å². The Morgan fingerprint density at radius 2 is 1.80 bits per heavy atom. The molecule has 5 heteroatoms. The van der Waals surface area contributed by atoms with Crippen LogP contribution in [-0.2, 0) is 14.3 Å². The van der Waals surface area contributed by atoms with Crippen LogP contribution in [0.2, 0.25) is 0 Å². The number of hydrogen-bond acceptors (Lipinski definition) is 4. The van der Waals surface area contributed by atoms with Crippen molar-refractivity contribution in [1.29, 1.82) is 0 Å². The number of piperidine rings is 1. The molecule has 0 spiro atoms. The van der Waals surface area contributed by atoms with Gasteiger partial charge in [0.25, 0.3) is 0 Å². The number of hydrogen-bond donors (Lipinski definition) is 2. The van der Waals surface area contributed by atoms with Crippen molar-refractivity contribution < 1.29 is 14.3 Å². The van der Waals surface area contributed by atoms with Gasteiger partial charge in [-0.1, -0.05) is 0 Å². The highest BCUT2D eigenvalue weighted by Gasteiger charge is 2.34. The highest BCUT2D eigenvalue weighted by molar-refractivity contribution is 5.76. The summed E-state index contributed by atoms with van der Waals surface area (Å²) in [7, 11) is 0. The highest BCUT2D eigenvalue weighted by Crippen LogP contribution is 2.32. The minimum Gasteiger partial charge on any atom is -0.351 e. The Labute approximate surface area is 121 Å². The van der Waals surface area contributed by atoms with Crippen molar-refractivity contribution in [2.75, 3.05) is 19.8 Å². The summed E-state index contributed by atoms with van der Waals surface area (Å²) in [5, 5.41) is 6.55. The molecule has 0 radical (unpaired) electrons. The second-order valence-corrected chi connectivity index (χ2v) is 5.82. The molecule has 2 rings (SSSR count). The van der Waals surface area contributed by atoms with Gasteiger partial charge in [0, 0.05) is 31.7 Å². The molecule has 2 N–H and O–H groups in total. The van der Waals surface area contributed by atoms with Crippen molar-refractivity contribution in [3.8, 4) is 0 Å². The van der Waals surface area contributed by atoms with E-state index in [1.165, 1.54) is 12.8 Å². The van der Waals surface area contributed by atoms with Gasteiger partial charge in [0.15, 0.2) is 6.29 Å². The summed E-state index contributed by atoms with van der Waals surface area (Å²) in [5.41, 5.74) is 0. The molecule has 5 nitrogen and oxygen atoms in total. The van der Waals surface area contributed by atoms with Gasteiger partial charge in [-0.15, -0.1) is 0 Å². The Morgan fingerprint density at radius 3 is 2.35 bits per heavy atom. The Morgan fingerprint density at radius 1 is 1.20 bits per heavy atom. The molecule has 116 valence electrons. The molecule has 2 saturated heterocycles. The van der Waals surface area contributed by atoms with Crippen LogP contribution < -0.4 is 10.6 Å². The van der Waals surface area contributed by atoms with Gasteiger partial charge in [-0.3, -0.25) is 4.79 Å². The Kier molecular flexibility index (Phi) is 6.26. The number of carbonyl (C=O) groups is 1. The molecule has 2 aliphatic heterocycles. The number of amides is 1. The lowest BCUT2D eigenvalue weighted by molar-refractivity contribution is -0.141. The summed E-state index contributed by atoms with van der Waals surface area (Å²) in [6.07, 6.45) is 5.16. The number of nitrogens with one attached hydrogen (secondary N) is 2. The summed E-state index contributed by atoms with van der Waals surface area (Å²) in [6.45, 7) is 5.49. The zero-order valence-electron chi connectivity index (χ0n) is 12.7. The van der Waals surface area contributed by atoms with Crippen LogP contribution in [0.15, 0.2) is 0 Å². The summed E-state index contributed by atoms with van der Waals surface area (Å²) < 4.78 is 10.8. The van der Waals surface area contributed by atoms with Gasteiger partial charge in [0.05, 0.1) is 6.54 Å². The van der Waals surface area contributed by atoms with Gasteiger partial charge in [0.1, 0.15) is 0 Å². The molecular weight excluding hydrogens is 256 g/mol. The first-order chi connectivity index (χ1) is 9.71. The third-order valence-electron chi connectivity index (χ3n) is 4.22.